The van der Waals surface area contributed by atoms with E-state index in [1.54, 1.807) is 0 Å². The smallest absolute Gasteiger partial charge is 0.341 e. The maximum atomic E-state index is 10.3. The first-order chi connectivity index (χ1) is 8.65. The summed E-state index contributed by atoms with van der Waals surface area (Å²) < 4.78 is 4.95. The highest BCUT2D eigenvalue weighted by Crippen LogP contribution is 2.16. The molecule has 0 unspecified atom stereocenters. The van der Waals surface area contributed by atoms with Crippen LogP contribution in [0, 0.1) is 6.92 Å². The van der Waals surface area contributed by atoms with Gasteiger partial charge in [-0.05, 0) is 6.92 Å². The van der Waals surface area contributed by atoms with Gasteiger partial charge in [-0.2, -0.15) is 0 Å². The highest BCUT2D eigenvalue weighted by molar-refractivity contribution is 5.68. The Hall–Kier alpha value is -2.43. The Bertz CT molecular complexity index is 535. The second-order valence-electron chi connectivity index (χ2n) is 3.79. The van der Waals surface area contributed by atoms with E-state index in [0.29, 0.717) is 11.6 Å². The highest BCUT2D eigenvalue weighted by Gasteiger charge is 2.03. The fraction of sp³-hybridized carbons (Fsp3) is 0.154. The van der Waals surface area contributed by atoms with Crippen LogP contribution in [0.2, 0.25) is 0 Å². The summed E-state index contributed by atoms with van der Waals surface area (Å²) in [5, 5.41) is 8.47. The van der Waals surface area contributed by atoms with Crippen LogP contribution in [-0.4, -0.2) is 27.7 Å². The summed E-state index contributed by atoms with van der Waals surface area (Å²) in [6.07, 6.45) is 2.93. The van der Waals surface area contributed by atoms with Crippen molar-refractivity contribution in [2.24, 2.45) is 0 Å². The molecule has 0 bridgehead atoms. The van der Waals surface area contributed by atoms with Crippen LogP contribution in [0.3, 0.4) is 0 Å². The van der Waals surface area contributed by atoms with E-state index in [1.165, 1.54) is 18.0 Å². The Morgan fingerprint density at radius 3 is 2.39 bits per heavy atom. The third kappa shape index (κ3) is 3.04. The van der Waals surface area contributed by atoms with Crippen molar-refractivity contribution < 1.29 is 14.6 Å². The summed E-state index contributed by atoms with van der Waals surface area (Å²) in [5.74, 6) is -0.108. The molecule has 18 heavy (non-hydrogen) atoms. The van der Waals surface area contributed by atoms with Crippen molar-refractivity contribution in [2.45, 2.75) is 6.92 Å². The first-order valence-corrected chi connectivity index (χ1v) is 5.39. The van der Waals surface area contributed by atoms with E-state index in [9.17, 15) is 4.79 Å². The minimum absolute atomic E-state index is 0.341. The maximum Gasteiger partial charge on any atom is 0.341 e. The number of aryl methyl sites for hydroxylation is 1. The molecule has 0 aliphatic carbocycles. The molecule has 92 valence electrons. The third-order valence-electron chi connectivity index (χ3n) is 2.30. The Morgan fingerprint density at radius 1 is 1.22 bits per heavy atom. The fourth-order valence-electron chi connectivity index (χ4n) is 1.39. The van der Waals surface area contributed by atoms with Gasteiger partial charge < -0.3 is 9.84 Å². The van der Waals surface area contributed by atoms with Crippen LogP contribution in [0.1, 0.15) is 5.56 Å². The van der Waals surface area contributed by atoms with Crippen molar-refractivity contribution in [2.75, 3.05) is 6.61 Å². The van der Waals surface area contributed by atoms with E-state index in [4.69, 9.17) is 9.84 Å². The maximum absolute atomic E-state index is 10.3. The van der Waals surface area contributed by atoms with E-state index in [1.807, 2.05) is 31.2 Å². The minimum atomic E-state index is -1.03. The van der Waals surface area contributed by atoms with Gasteiger partial charge in [0.1, 0.15) is 0 Å². The van der Waals surface area contributed by atoms with Crippen LogP contribution in [0.25, 0.3) is 11.4 Å². The average Bonchev–Trinajstić information content (AvgIpc) is 2.38. The molecule has 5 heteroatoms. The molecule has 1 aromatic heterocycles. The van der Waals surface area contributed by atoms with E-state index in [2.05, 4.69) is 9.97 Å². The molecule has 5 nitrogen and oxygen atoms in total. The second kappa shape index (κ2) is 5.27. The lowest BCUT2D eigenvalue weighted by atomic mass is 10.1. The molecule has 0 aliphatic heterocycles. The lowest BCUT2D eigenvalue weighted by Crippen LogP contribution is -2.09. The van der Waals surface area contributed by atoms with Crippen molar-refractivity contribution in [3.8, 4) is 17.1 Å². The number of rotatable bonds is 4. The molecule has 2 rings (SSSR count). The van der Waals surface area contributed by atoms with Crippen LogP contribution < -0.4 is 4.74 Å². The van der Waals surface area contributed by atoms with Crippen molar-refractivity contribution in [3.63, 3.8) is 0 Å². The molecule has 0 saturated heterocycles. The van der Waals surface area contributed by atoms with Crippen molar-refractivity contribution in [1.29, 1.82) is 0 Å². The molecule has 0 radical (unpaired) electrons. The Kier molecular flexibility index (Phi) is 3.52. The zero-order valence-corrected chi connectivity index (χ0v) is 9.83. The average molecular weight is 244 g/mol. The molecule has 1 heterocycles. The zero-order chi connectivity index (χ0) is 13.0. The molecule has 2 aromatic rings. The molecule has 0 saturated carbocycles. The van der Waals surface area contributed by atoms with Gasteiger partial charge in [0.15, 0.2) is 18.2 Å². The van der Waals surface area contributed by atoms with Gasteiger partial charge in [-0.15, -0.1) is 0 Å². The van der Waals surface area contributed by atoms with Gasteiger partial charge in [0.2, 0.25) is 0 Å². The largest absolute Gasteiger partial charge is 0.479 e. The standard InChI is InChI=1S/C13H12N2O3/c1-9-2-4-10(5-3-9)13-14-6-11(7-15-13)18-8-12(16)17/h2-7H,8H2,1H3,(H,16,17). The number of carboxylic acids is 1. The van der Waals surface area contributed by atoms with Crippen molar-refractivity contribution in [1.82, 2.24) is 9.97 Å². The van der Waals surface area contributed by atoms with Crippen LogP contribution in [0.4, 0.5) is 0 Å². The van der Waals surface area contributed by atoms with Gasteiger partial charge in [-0.25, -0.2) is 14.8 Å². The van der Waals surface area contributed by atoms with Gasteiger partial charge in [0.25, 0.3) is 0 Å². The van der Waals surface area contributed by atoms with Crippen LogP contribution >= 0.6 is 0 Å². The normalized spacial score (nSPS) is 10.1. The molecule has 0 atom stereocenters. The number of hydrogen-bond donors (Lipinski definition) is 1. The lowest BCUT2D eigenvalue weighted by Gasteiger charge is -2.04. The minimum Gasteiger partial charge on any atom is -0.479 e. The van der Waals surface area contributed by atoms with E-state index in [0.717, 1.165) is 5.56 Å². The topological polar surface area (TPSA) is 72.3 Å². The number of benzene rings is 1. The first-order valence-electron chi connectivity index (χ1n) is 5.39. The van der Waals surface area contributed by atoms with Gasteiger partial charge in [0, 0.05) is 5.56 Å². The predicted molar refractivity (Wildman–Crippen MR) is 65.3 cm³/mol. The van der Waals surface area contributed by atoms with E-state index >= 15 is 0 Å². The summed E-state index contributed by atoms with van der Waals surface area (Å²) in [5.41, 5.74) is 2.07. The number of carboxylic acid groups (broad SMARTS) is 1. The third-order valence-corrected chi connectivity index (χ3v) is 2.30. The Balaban J connectivity index is 2.12. The number of carbonyl (C=O) groups is 1. The monoisotopic (exact) mass is 244 g/mol. The van der Waals surface area contributed by atoms with Crippen molar-refractivity contribution in [3.05, 3.63) is 42.2 Å². The SMILES string of the molecule is Cc1ccc(-c2ncc(OCC(=O)O)cn2)cc1. The first kappa shape index (κ1) is 12.0. The van der Waals surface area contributed by atoms with Gasteiger partial charge >= 0.3 is 5.97 Å². The van der Waals surface area contributed by atoms with Crippen molar-refractivity contribution >= 4 is 5.97 Å². The van der Waals surface area contributed by atoms with E-state index in [-0.39, 0.29) is 0 Å². The van der Waals surface area contributed by atoms with Crippen LogP contribution in [0.15, 0.2) is 36.7 Å². The molecular formula is C13H12N2O3. The lowest BCUT2D eigenvalue weighted by molar-refractivity contribution is -0.139. The molecule has 0 amide bonds. The van der Waals surface area contributed by atoms with Gasteiger partial charge in [0.05, 0.1) is 12.4 Å². The summed E-state index contributed by atoms with van der Waals surface area (Å²) in [6.45, 7) is 1.61. The quantitative estimate of drug-likeness (QED) is 0.889. The van der Waals surface area contributed by atoms with Crippen LogP contribution in [-0.2, 0) is 4.79 Å². The zero-order valence-electron chi connectivity index (χ0n) is 9.83. The number of aromatic nitrogens is 2. The number of hydrogen-bond acceptors (Lipinski definition) is 4. The Morgan fingerprint density at radius 2 is 1.83 bits per heavy atom. The number of nitrogens with zero attached hydrogens (tertiary/aromatic N) is 2. The molecule has 0 spiro atoms. The summed E-state index contributed by atoms with van der Waals surface area (Å²) in [4.78, 5) is 18.6. The molecule has 1 N–H and O–H groups in total. The highest BCUT2D eigenvalue weighted by atomic mass is 16.5. The summed E-state index contributed by atoms with van der Waals surface area (Å²) in [7, 11) is 0. The van der Waals surface area contributed by atoms with Gasteiger partial charge in [-0.3, -0.25) is 0 Å². The molecular weight excluding hydrogens is 232 g/mol. The summed E-state index contributed by atoms with van der Waals surface area (Å²) in [6, 6.07) is 7.83. The second-order valence-corrected chi connectivity index (χ2v) is 3.79. The summed E-state index contributed by atoms with van der Waals surface area (Å²) >= 11 is 0. The van der Waals surface area contributed by atoms with Gasteiger partial charge in [-0.1, -0.05) is 29.8 Å². The number of ether oxygens (including phenoxy) is 1. The van der Waals surface area contributed by atoms with Crippen LogP contribution in [0.5, 0.6) is 5.75 Å². The number of aliphatic carboxylic acids is 1. The predicted octanol–water partition coefficient (Wildman–Crippen LogP) is 1.92. The van der Waals surface area contributed by atoms with E-state index < -0.39 is 12.6 Å². The molecule has 1 aromatic carbocycles. The molecule has 0 aliphatic rings. The Labute approximate surface area is 104 Å². The molecule has 0 fully saturated rings. The fourth-order valence-corrected chi connectivity index (χ4v) is 1.39.